The summed E-state index contributed by atoms with van der Waals surface area (Å²) in [6.07, 6.45) is 0. The molecule has 318 valence electrons. The molecule has 0 radical (unpaired) electrons. The number of nitrogens with zero attached hydrogens (tertiary/aromatic N) is 4. The average molecular weight is 859 g/mol. The van der Waals surface area contributed by atoms with Gasteiger partial charge >= 0.3 is 0 Å². The second-order valence-corrected chi connectivity index (χ2v) is 21.2. The summed E-state index contributed by atoms with van der Waals surface area (Å²) in [4.78, 5) is 5.97. The molecule has 15 aromatic rings. The first kappa shape index (κ1) is 37.3. The van der Waals surface area contributed by atoms with Crippen molar-refractivity contribution in [2.45, 2.75) is 52.4 Å². The summed E-state index contributed by atoms with van der Waals surface area (Å²) >= 11 is 0. The molecule has 0 aliphatic heterocycles. The first-order chi connectivity index (χ1) is 32.5. The van der Waals surface area contributed by atoms with Crippen LogP contribution in [0.25, 0.3) is 137 Å². The Morgan fingerprint density at radius 2 is 0.985 bits per heavy atom. The quantitative estimate of drug-likeness (QED) is 0.170. The van der Waals surface area contributed by atoms with E-state index < -0.39 is 0 Å². The Labute approximate surface area is 386 Å². The van der Waals surface area contributed by atoms with Gasteiger partial charge in [-0.3, -0.25) is 4.40 Å². The summed E-state index contributed by atoms with van der Waals surface area (Å²) in [5.41, 5.74) is 16.8. The van der Waals surface area contributed by atoms with Crippen molar-refractivity contribution in [3.05, 3.63) is 181 Å². The van der Waals surface area contributed by atoms with Gasteiger partial charge in [-0.25, -0.2) is 4.98 Å². The van der Waals surface area contributed by atoms with Crippen LogP contribution in [-0.2, 0) is 10.8 Å². The topological polar surface area (TPSA) is 26.6 Å². The Kier molecular flexibility index (Phi) is 6.94. The fourth-order valence-electron chi connectivity index (χ4n) is 12.1. The predicted octanol–water partition coefficient (Wildman–Crippen LogP) is 17.0. The van der Waals surface area contributed by atoms with Gasteiger partial charge in [0.2, 0.25) is 0 Å². The van der Waals surface area contributed by atoms with Gasteiger partial charge in [-0.15, -0.1) is 0 Å². The summed E-state index contributed by atoms with van der Waals surface area (Å²) in [7, 11) is 0. The Morgan fingerprint density at radius 1 is 0.373 bits per heavy atom. The van der Waals surface area contributed by atoms with Gasteiger partial charge in [-0.05, 0) is 122 Å². The van der Waals surface area contributed by atoms with Crippen LogP contribution in [0.5, 0.6) is 0 Å². The third-order valence-corrected chi connectivity index (χ3v) is 15.3. The number of para-hydroxylation sites is 2. The summed E-state index contributed by atoms with van der Waals surface area (Å²) in [6, 6.07) is 64.1. The highest BCUT2D eigenvalue weighted by atomic mass is 15.0. The standard InChI is InChI=1S/C63H46N4/c1-62(2,3)38-25-27-53-45(31-38)47-32-39(63(4,5)6)33-50-57-54(66(53)58(47)50)34-48-46-28-35-16-11-13-21-42(35)56-49-29-36-17-10-12-20-41(36)55(60(49)67(59(46)56)61(48)64-57)37-24-26-52-44(30-37)43-22-14-15-23-51(43)65(52)40-18-8-7-9-19-40/h7-34H,1-6H3. The van der Waals surface area contributed by atoms with Gasteiger partial charge in [0.15, 0.2) is 0 Å². The molecule has 0 saturated carbocycles. The van der Waals surface area contributed by atoms with Crippen LogP contribution >= 0.6 is 0 Å². The van der Waals surface area contributed by atoms with Gasteiger partial charge in [0.05, 0.1) is 44.1 Å². The SMILES string of the molecule is CC(C)(C)c1ccc2c(c1)c1cc(C(C)(C)C)cc3c4nc5c(cc4n2c13)c1cc2ccccc2c2c3cc4ccccc4c(-c4ccc6c(c4)c4ccccc4n6-c4ccccc4)c3n5c12. The first-order valence-corrected chi connectivity index (χ1v) is 23.7. The summed E-state index contributed by atoms with van der Waals surface area (Å²) in [5.74, 6) is 0. The van der Waals surface area contributed by atoms with Crippen molar-refractivity contribution in [2.75, 3.05) is 0 Å². The molecule has 0 N–H and O–H groups in total. The lowest BCUT2D eigenvalue weighted by atomic mass is 9.84. The zero-order chi connectivity index (χ0) is 44.8. The minimum atomic E-state index is -0.0518. The fourth-order valence-corrected chi connectivity index (χ4v) is 12.1. The fraction of sp³-hybridized carbons (Fsp3) is 0.127. The molecule has 15 rings (SSSR count). The van der Waals surface area contributed by atoms with Crippen LogP contribution in [0, 0.1) is 0 Å². The summed E-state index contributed by atoms with van der Waals surface area (Å²) in [6.45, 7) is 13.9. The highest BCUT2D eigenvalue weighted by Crippen LogP contribution is 2.50. The summed E-state index contributed by atoms with van der Waals surface area (Å²) in [5, 5.41) is 16.2. The van der Waals surface area contributed by atoms with Crippen LogP contribution in [0.15, 0.2) is 170 Å². The molecular formula is C63H46N4. The van der Waals surface area contributed by atoms with Crippen LogP contribution in [0.2, 0.25) is 0 Å². The zero-order valence-corrected chi connectivity index (χ0v) is 38.5. The Morgan fingerprint density at radius 3 is 1.78 bits per heavy atom. The molecule has 0 fully saturated rings. The third-order valence-electron chi connectivity index (χ3n) is 15.3. The average Bonchev–Trinajstić information content (AvgIpc) is 4.12. The first-order valence-electron chi connectivity index (χ1n) is 23.7. The maximum absolute atomic E-state index is 5.97. The van der Waals surface area contributed by atoms with Crippen LogP contribution in [0.1, 0.15) is 52.7 Å². The van der Waals surface area contributed by atoms with Crippen molar-refractivity contribution < 1.29 is 0 Å². The predicted molar refractivity (Wildman–Crippen MR) is 286 cm³/mol. The zero-order valence-electron chi connectivity index (χ0n) is 38.5. The highest BCUT2D eigenvalue weighted by Gasteiger charge is 2.29. The van der Waals surface area contributed by atoms with Gasteiger partial charge in [0, 0.05) is 59.7 Å². The van der Waals surface area contributed by atoms with E-state index >= 15 is 0 Å². The van der Waals surface area contributed by atoms with Gasteiger partial charge < -0.3 is 8.97 Å². The van der Waals surface area contributed by atoms with Gasteiger partial charge in [0.25, 0.3) is 0 Å². The number of hydrogen-bond donors (Lipinski definition) is 0. The smallest absolute Gasteiger partial charge is 0.146 e. The summed E-state index contributed by atoms with van der Waals surface area (Å²) < 4.78 is 7.48. The highest BCUT2D eigenvalue weighted by molar-refractivity contribution is 6.35. The minimum absolute atomic E-state index is 0.0339. The molecule has 0 aliphatic carbocycles. The Balaban J connectivity index is 1.13. The van der Waals surface area contributed by atoms with Crippen molar-refractivity contribution in [2.24, 2.45) is 0 Å². The molecule has 0 aliphatic rings. The molecule has 0 atom stereocenters. The van der Waals surface area contributed by atoms with Gasteiger partial charge in [-0.2, -0.15) is 0 Å². The van der Waals surface area contributed by atoms with E-state index in [0.29, 0.717) is 0 Å². The van der Waals surface area contributed by atoms with Crippen molar-refractivity contribution in [3.63, 3.8) is 0 Å². The normalized spacial score (nSPS) is 13.2. The van der Waals surface area contributed by atoms with E-state index in [1.807, 2.05) is 0 Å². The number of hydrogen-bond acceptors (Lipinski definition) is 1. The maximum atomic E-state index is 5.97. The van der Waals surface area contributed by atoms with E-state index in [4.69, 9.17) is 4.98 Å². The van der Waals surface area contributed by atoms with Crippen LogP contribution in [-0.4, -0.2) is 18.4 Å². The monoisotopic (exact) mass is 858 g/mol. The Hall–Kier alpha value is -7.95. The van der Waals surface area contributed by atoms with Crippen molar-refractivity contribution in [3.8, 4) is 16.8 Å². The van der Waals surface area contributed by atoms with Crippen molar-refractivity contribution in [1.82, 2.24) is 18.4 Å². The van der Waals surface area contributed by atoms with Gasteiger partial charge in [0.1, 0.15) is 5.65 Å². The van der Waals surface area contributed by atoms with E-state index in [2.05, 4.69) is 225 Å². The lowest BCUT2D eigenvalue weighted by Crippen LogP contribution is -2.11. The van der Waals surface area contributed by atoms with E-state index in [-0.39, 0.29) is 10.8 Å². The lowest BCUT2D eigenvalue weighted by Gasteiger charge is -2.20. The minimum Gasteiger partial charge on any atom is -0.309 e. The second-order valence-electron chi connectivity index (χ2n) is 21.2. The molecule has 9 aromatic carbocycles. The molecule has 0 spiro atoms. The van der Waals surface area contributed by atoms with E-state index in [9.17, 15) is 0 Å². The molecule has 0 saturated heterocycles. The molecule has 0 bridgehead atoms. The van der Waals surface area contributed by atoms with Crippen LogP contribution in [0.4, 0.5) is 0 Å². The third kappa shape index (κ3) is 4.79. The molecule has 6 heterocycles. The maximum Gasteiger partial charge on any atom is 0.146 e. The molecule has 67 heavy (non-hydrogen) atoms. The number of pyridine rings is 1. The molecule has 0 amide bonds. The molecule has 4 nitrogen and oxygen atoms in total. The number of rotatable bonds is 2. The lowest BCUT2D eigenvalue weighted by molar-refractivity contribution is 0.590. The number of benzene rings is 9. The van der Waals surface area contributed by atoms with E-state index in [1.54, 1.807) is 0 Å². The van der Waals surface area contributed by atoms with E-state index in [1.165, 1.54) is 125 Å². The van der Waals surface area contributed by atoms with Crippen molar-refractivity contribution >= 4 is 120 Å². The largest absolute Gasteiger partial charge is 0.309 e. The molecule has 6 aromatic heterocycles. The number of fused-ring (bicyclic) bond motifs is 18. The molecular weight excluding hydrogens is 813 g/mol. The number of aromatic nitrogens is 4. The van der Waals surface area contributed by atoms with Crippen LogP contribution in [0.3, 0.4) is 0 Å². The van der Waals surface area contributed by atoms with Crippen molar-refractivity contribution in [1.29, 1.82) is 0 Å². The molecule has 0 unspecified atom stereocenters. The van der Waals surface area contributed by atoms with Crippen LogP contribution < -0.4 is 0 Å². The Bertz CT molecular complexity index is 4620. The molecule has 4 heteroatoms. The second kappa shape index (κ2) is 12.5. The van der Waals surface area contributed by atoms with E-state index in [0.717, 1.165) is 22.4 Å². The van der Waals surface area contributed by atoms with Gasteiger partial charge in [-0.1, -0.05) is 139 Å².